The molecular formula is C125H93N15. The zero-order chi connectivity index (χ0) is 92.4. The van der Waals surface area contributed by atoms with Crippen LogP contribution in [0.4, 0.5) is 0 Å². The van der Waals surface area contributed by atoms with Crippen LogP contribution in [-0.2, 0) is 10.8 Å². The summed E-state index contributed by atoms with van der Waals surface area (Å²) in [6.45, 7) is 0. The number of hydrogen-bond acceptors (Lipinski definition) is 15. The maximum absolute atomic E-state index is 5.14. The Hall–Kier alpha value is -16.7. The molecule has 15 nitrogen and oxygen atoms in total. The van der Waals surface area contributed by atoms with Crippen molar-refractivity contribution in [3.63, 3.8) is 0 Å². The van der Waals surface area contributed by atoms with Crippen LogP contribution in [0.1, 0.15) is 86.5 Å². The summed E-state index contributed by atoms with van der Waals surface area (Å²) >= 11 is 0. The van der Waals surface area contributed by atoms with Gasteiger partial charge < -0.3 is 0 Å². The summed E-state index contributed by atoms with van der Waals surface area (Å²) in [4.78, 5) is 74.9. The zero-order valence-corrected chi connectivity index (χ0v) is 76.9. The van der Waals surface area contributed by atoms with Gasteiger partial charge in [0.05, 0.1) is 17.1 Å². The molecular weight excluding hydrogens is 1710 g/mol. The van der Waals surface area contributed by atoms with E-state index < -0.39 is 0 Å². The van der Waals surface area contributed by atoms with Gasteiger partial charge in [-0.1, -0.05) is 315 Å². The van der Waals surface area contributed by atoms with Crippen molar-refractivity contribution in [1.82, 2.24) is 74.8 Å². The molecule has 0 amide bonds. The lowest BCUT2D eigenvalue weighted by atomic mass is 9.43. The Balaban J connectivity index is 0.000000141. The molecule has 7 heterocycles. The Morgan fingerprint density at radius 1 is 0.150 bits per heavy atom. The highest BCUT2D eigenvalue weighted by molar-refractivity contribution is 5.90. The Labute approximate surface area is 812 Å². The van der Waals surface area contributed by atoms with Crippen LogP contribution in [0.5, 0.6) is 0 Å². The van der Waals surface area contributed by atoms with Crippen LogP contribution in [-0.4, -0.2) is 74.8 Å². The molecule has 20 aromatic rings. The third kappa shape index (κ3) is 14.6. The lowest BCUT2D eigenvalue weighted by molar-refractivity contribution is -0.0399. The largest absolute Gasteiger partial charge is 0.255 e. The number of rotatable bonds is 16. The first kappa shape index (κ1) is 82.8. The van der Waals surface area contributed by atoms with E-state index in [9.17, 15) is 0 Å². The van der Waals surface area contributed by atoms with Crippen molar-refractivity contribution in [1.29, 1.82) is 0 Å². The molecule has 8 saturated carbocycles. The molecule has 0 N–H and O–H groups in total. The topological polar surface area (TPSA) is 193 Å². The van der Waals surface area contributed by atoms with Crippen molar-refractivity contribution in [2.24, 2.45) is 47.3 Å². The van der Waals surface area contributed by atoms with Crippen molar-refractivity contribution in [2.75, 3.05) is 0 Å². The molecule has 668 valence electrons. The van der Waals surface area contributed by atoms with Crippen molar-refractivity contribution in [2.45, 2.75) is 75.0 Å². The van der Waals surface area contributed by atoms with Gasteiger partial charge in [-0.2, -0.15) is 0 Å². The standard InChI is InChI=1S/C63H47N7.C62H46N8/c1-5-13-42(14-6-1)57-65-58(43-15-7-2-8-16-43)68-61(67-57)46-23-21-41(22-24-46)47-25-28-52-53-29-26-48(37-55(53)63(54(52)36-47)50-32-39-31-40(34-50)35-51(63)33-39)56-30-27-49(38-64-56)62-69-59(44-17-9-3-10-18-44)66-60(70-62)45-19-11-4-12-20-45;1-5-13-40(14-6-1)56-65-57(41-15-7-2-8-16-41)68-60(67-56)46-23-27-54(63-36-46)44-21-25-50-51-26-22-45(35-53(51)62(52(50)34-44)48-30-38-29-39(32-48)33-49(62)31-38)55-28-24-47(37-64-55)61-69-58(42-17-9-3-10-18-42)66-59(70-61)43-19-11-4-12-20-43/h1-30,36-40,50-51H,31-35H2;1-28,34-39,48-49H,29-33H2. The molecule has 10 aliphatic rings. The van der Waals surface area contributed by atoms with E-state index >= 15 is 0 Å². The fourth-order valence-electron chi connectivity index (χ4n) is 25.7. The number of fused-ring (bicyclic) bond motifs is 6. The minimum absolute atomic E-state index is 0.0247. The minimum atomic E-state index is -0.0525. The second-order valence-corrected chi connectivity index (χ2v) is 39.4. The van der Waals surface area contributed by atoms with Crippen LogP contribution in [0.2, 0.25) is 0 Å². The lowest BCUT2D eigenvalue weighted by Gasteiger charge is -2.61. The molecule has 0 unspecified atom stereocenters. The molecule has 2 spiro atoms. The normalized spacial score (nSPS) is 19.7. The Morgan fingerprint density at radius 2 is 0.321 bits per heavy atom. The Bertz CT molecular complexity index is 6920. The molecule has 8 fully saturated rings. The minimum Gasteiger partial charge on any atom is -0.255 e. The summed E-state index contributed by atoms with van der Waals surface area (Å²) in [6.07, 6.45) is 19.0. The van der Waals surface area contributed by atoms with Gasteiger partial charge in [0, 0.05) is 113 Å². The average Bonchev–Trinajstić information content (AvgIpc) is 1.52. The Kier molecular flexibility index (Phi) is 20.3. The summed E-state index contributed by atoms with van der Waals surface area (Å²) in [7, 11) is 0. The third-order valence-electron chi connectivity index (χ3n) is 31.5. The van der Waals surface area contributed by atoms with Gasteiger partial charge in [-0.3, -0.25) is 15.0 Å². The molecule has 13 aromatic carbocycles. The van der Waals surface area contributed by atoms with Gasteiger partial charge in [-0.05, 0) is 228 Å². The summed E-state index contributed by atoms with van der Waals surface area (Å²) in [5, 5.41) is 0. The number of aromatic nitrogens is 15. The van der Waals surface area contributed by atoms with E-state index in [1.165, 1.54) is 120 Å². The van der Waals surface area contributed by atoms with Crippen LogP contribution in [0.3, 0.4) is 0 Å². The third-order valence-corrected chi connectivity index (χ3v) is 31.5. The van der Waals surface area contributed by atoms with E-state index in [2.05, 4.69) is 158 Å². The van der Waals surface area contributed by atoms with Gasteiger partial charge in [0.2, 0.25) is 0 Å². The van der Waals surface area contributed by atoms with E-state index in [1.54, 1.807) is 0 Å². The molecule has 0 radical (unpaired) electrons. The summed E-state index contributed by atoms with van der Waals surface area (Å²) in [5.41, 5.74) is 31.2. The van der Waals surface area contributed by atoms with Gasteiger partial charge in [-0.15, -0.1) is 0 Å². The SMILES string of the molecule is c1ccc(-c2nc(-c3ccccc3)nc(-c3ccc(-c4ccc5c(c4)C4(c6cc(-c7ccc(-c8nc(-c9ccccc9)nc(-c9ccccc9)n8)cn7)ccc6-5)C5CC6CC(C5)CC4C6)cc3)n2)cc1.c1ccc(-c2nc(-c3ccccc3)nc(-c3ccc(-c4ccc5c(c4)C4(c6cc(-c7ccc(-c8nc(-c9ccccc9)nc(-c9ccccc9)n8)cn7)ccc6-5)C5CC6CC(C5)CC4C6)nc3)n2)cc1. The fourth-order valence-corrected chi connectivity index (χ4v) is 25.7. The lowest BCUT2D eigenvalue weighted by Crippen LogP contribution is -2.55. The highest BCUT2D eigenvalue weighted by atomic mass is 15.1. The van der Waals surface area contributed by atoms with Crippen LogP contribution in [0, 0.1) is 47.3 Å². The summed E-state index contributed by atoms with van der Waals surface area (Å²) < 4.78 is 0. The van der Waals surface area contributed by atoms with Gasteiger partial charge in [0.15, 0.2) is 69.9 Å². The van der Waals surface area contributed by atoms with E-state index in [0.29, 0.717) is 93.6 Å². The molecule has 10 aliphatic carbocycles. The molecule has 15 heteroatoms. The highest BCUT2D eigenvalue weighted by Crippen LogP contribution is 2.72. The fraction of sp³-hybridized carbons (Fsp3) is 0.160. The zero-order valence-electron chi connectivity index (χ0n) is 76.9. The second-order valence-electron chi connectivity index (χ2n) is 39.4. The summed E-state index contributed by atoms with van der Waals surface area (Å²) in [6, 6.07) is 131. The summed E-state index contributed by atoms with van der Waals surface area (Å²) in [5.74, 6) is 13.4. The van der Waals surface area contributed by atoms with Crippen LogP contribution in [0.15, 0.2) is 395 Å². The van der Waals surface area contributed by atoms with Gasteiger partial charge in [-0.25, -0.2) is 59.8 Å². The molecule has 30 rings (SSSR count). The molecule has 0 atom stereocenters. The monoisotopic (exact) mass is 1800 g/mol. The first-order chi connectivity index (χ1) is 69.2. The average molecular weight is 1810 g/mol. The Morgan fingerprint density at radius 3 is 0.529 bits per heavy atom. The molecule has 7 aromatic heterocycles. The van der Waals surface area contributed by atoms with Gasteiger partial charge in [0.25, 0.3) is 0 Å². The van der Waals surface area contributed by atoms with Crippen molar-refractivity contribution in [3.8, 4) is 204 Å². The predicted molar refractivity (Wildman–Crippen MR) is 553 cm³/mol. The second kappa shape index (κ2) is 34.3. The number of benzene rings is 13. The number of pyridine rings is 3. The first-order valence-corrected chi connectivity index (χ1v) is 49.3. The van der Waals surface area contributed by atoms with E-state index in [-0.39, 0.29) is 10.8 Å². The van der Waals surface area contributed by atoms with Gasteiger partial charge >= 0.3 is 0 Å². The van der Waals surface area contributed by atoms with Gasteiger partial charge in [0.1, 0.15) is 0 Å². The van der Waals surface area contributed by atoms with Crippen LogP contribution in [0.25, 0.3) is 204 Å². The first-order valence-electron chi connectivity index (χ1n) is 49.3. The molecule has 140 heavy (non-hydrogen) atoms. The van der Waals surface area contributed by atoms with Crippen LogP contribution >= 0.6 is 0 Å². The molecule has 0 aliphatic heterocycles. The van der Waals surface area contributed by atoms with E-state index in [1.807, 2.05) is 237 Å². The van der Waals surface area contributed by atoms with Crippen molar-refractivity contribution in [3.05, 3.63) is 417 Å². The number of hydrogen-bond donors (Lipinski definition) is 0. The highest BCUT2D eigenvalue weighted by Gasteiger charge is 2.63. The maximum Gasteiger partial charge on any atom is 0.165 e. The molecule has 0 saturated heterocycles. The number of nitrogens with zero attached hydrogens (tertiary/aromatic N) is 15. The van der Waals surface area contributed by atoms with Crippen molar-refractivity contribution < 1.29 is 0 Å². The van der Waals surface area contributed by atoms with Crippen molar-refractivity contribution >= 4 is 0 Å². The predicted octanol–water partition coefficient (Wildman–Crippen LogP) is 28.4. The quantitative estimate of drug-likeness (QED) is 0.0886. The molecule has 8 bridgehead atoms. The van der Waals surface area contributed by atoms with Crippen LogP contribution < -0.4 is 0 Å². The van der Waals surface area contributed by atoms with E-state index in [0.717, 1.165) is 124 Å². The smallest absolute Gasteiger partial charge is 0.165 e. The maximum atomic E-state index is 5.14. The van der Waals surface area contributed by atoms with E-state index in [4.69, 9.17) is 74.8 Å².